The van der Waals surface area contributed by atoms with Gasteiger partial charge in [0.25, 0.3) is 0 Å². The molecule has 4 fully saturated rings. The summed E-state index contributed by atoms with van der Waals surface area (Å²) in [5.41, 5.74) is 0. The highest BCUT2D eigenvalue weighted by molar-refractivity contribution is 4.95. The average molecular weight is 281 g/mol. The zero-order valence-corrected chi connectivity index (χ0v) is 13.0. The molecule has 4 heteroatoms. The molecule has 3 atom stereocenters. The lowest BCUT2D eigenvalue weighted by Gasteiger charge is -2.50. The van der Waals surface area contributed by atoms with Crippen LogP contribution in [0.25, 0.3) is 0 Å². The van der Waals surface area contributed by atoms with Gasteiger partial charge in [0, 0.05) is 51.4 Å². The zero-order chi connectivity index (χ0) is 13.8. The summed E-state index contributed by atoms with van der Waals surface area (Å²) >= 11 is 0. The third-order valence-electron chi connectivity index (χ3n) is 5.27. The van der Waals surface area contributed by atoms with Crippen molar-refractivity contribution in [3.8, 4) is 0 Å². The van der Waals surface area contributed by atoms with E-state index in [9.17, 15) is 0 Å². The summed E-state index contributed by atoms with van der Waals surface area (Å²) in [4.78, 5) is 5.38. The molecule has 0 saturated carbocycles. The van der Waals surface area contributed by atoms with Crippen molar-refractivity contribution >= 4 is 0 Å². The van der Waals surface area contributed by atoms with Crippen molar-refractivity contribution in [3.05, 3.63) is 0 Å². The summed E-state index contributed by atoms with van der Waals surface area (Å²) in [6.45, 7) is 10.8. The molecule has 0 aromatic heterocycles. The van der Waals surface area contributed by atoms with E-state index in [0.29, 0.717) is 12.1 Å². The van der Waals surface area contributed by atoms with E-state index in [1.807, 2.05) is 0 Å². The Kier molecular flexibility index (Phi) is 5.32. The molecule has 4 aliphatic heterocycles. The fourth-order valence-corrected chi connectivity index (χ4v) is 4.04. The molecular formula is C16H31N3O. The Morgan fingerprint density at radius 3 is 2.70 bits per heavy atom. The molecule has 0 aromatic rings. The van der Waals surface area contributed by atoms with Gasteiger partial charge < -0.3 is 10.1 Å². The zero-order valence-electron chi connectivity index (χ0n) is 13.0. The summed E-state index contributed by atoms with van der Waals surface area (Å²) in [5, 5.41) is 3.82. The minimum atomic E-state index is 0.539. The van der Waals surface area contributed by atoms with Gasteiger partial charge in [-0.2, -0.15) is 0 Å². The van der Waals surface area contributed by atoms with Gasteiger partial charge in [-0.05, 0) is 38.6 Å². The number of hydrogen-bond donors (Lipinski definition) is 1. The van der Waals surface area contributed by atoms with Gasteiger partial charge in [0.15, 0.2) is 0 Å². The number of nitrogens with one attached hydrogen (secondary N) is 1. The molecule has 1 N–H and O–H groups in total. The Labute approximate surface area is 123 Å². The van der Waals surface area contributed by atoms with E-state index in [2.05, 4.69) is 22.0 Å². The molecule has 3 unspecified atom stereocenters. The number of ether oxygens (including phenoxy) is 1. The Balaban J connectivity index is 1.53. The minimum absolute atomic E-state index is 0.539. The number of fused-ring (bicyclic) bond motifs is 3. The van der Waals surface area contributed by atoms with E-state index in [4.69, 9.17) is 4.74 Å². The predicted molar refractivity (Wildman–Crippen MR) is 82.1 cm³/mol. The Bertz CT molecular complexity index is 285. The lowest BCUT2D eigenvalue weighted by molar-refractivity contribution is -0.00719. The van der Waals surface area contributed by atoms with Crippen LogP contribution >= 0.6 is 0 Å². The van der Waals surface area contributed by atoms with Crippen LogP contribution in [0, 0.1) is 0 Å². The van der Waals surface area contributed by atoms with Gasteiger partial charge >= 0.3 is 0 Å². The Hall–Kier alpha value is -0.160. The van der Waals surface area contributed by atoms with Crippen molar-refractivity contribution in [3.63, 3.8) is 0 Å². The van der Waals surface area contributed by atoms with Crippen molar-refractivity contribution in [2.75, 3.05) is 45.9 Å². The third kappa shape index (κ3) is 3.53. The van der Waals surface area contributed by atoms with Crippen molar-refractivity contribution in [1.29, 1.82) is 0 Å². The molecule has 0 radical (unpaired) electrons. The van der Waals surface area contributed by atoms with Crippen LogP contribution in [0.5, 0.6) is 0 Å². The second kappa shape index (κ2) is 7.21. The number of nitrogens with zero attached hydrogens (tertiary/aromatic N) is 2. The first-order valence-corrected chi connectivity index (χ1v) is 8.68. The van der Waals surface area contributed by atoms with Gasteiger partial charge in [-0.1, -0.05) is 6.92 Å². The molecule has 116 valence electrons. The second-order valence-electron chi connectivity index (χ2n) is 6.68. The topological polar surface area (TPSA) is 27.7 Å². The van der Waals surface area contributed by atoms with Crippen LogP contribution in [0.1, 0.15) is 39.0 Å². The van der Waals surface area contributed by atoms with Crippen LogP contribution in [0.2, 0.25) is 0 Å². The molecule has 4 nitrogen and oxygen atoms in total. The lowest BCUT2D eigenvalue weighted by Crippen LogP contribution is -2.66. The fourth-order valence-electron chi connectivity index (χ4n) is 4.04. The predicted octanol–water partition coefficient (Wildman–Crippen LogP) is 1.31. The number of hydrogen-bond acceptors (Lipinski definition) is 4. The average Bonchev–Trinajstić information content (AvgIpc) is 3.02. The molecule has 4 rings (SSSR count). The number of rotatable bonds is 7. The normalized spacial score (nSPS) is 38.2. The van der Waals surface area contributed by atoms with Gasteiger partial charge in [-0.15, -0.1) is 0 Å². The largest absolute Gasteiger partial charge is 0.378 e. The first-order valence-electron chi connectivity index (χ1n) is 8.68. The summed E-state index contributed by atoms with van der Waals surface area (Å²) in [7, 11) is 0. The van der Waals surface area contributed by atoms with Crippen molar-refractivity contribution in [2.24, 2.45) is 0 Å². The highest BCUT2D eigenvalue weighted by Gasteiger charge is 2.36. The van der Waals surface area contributed by atoms with Crippen LogP contribution in [-0.2, 0) is 4.74 Å². The van der Waals surface area contributed by atoms with Gasteiger partial charge in [0.2, 0.25) is 0 Å². The monoisotopic (exact) mass is 281 g/mol. The van der Waals surface area contributed by atoms with Gasteiger partial charge in [-0.3, -0.25) is 9.80 Å². The molecular weight excluding hydrogens is 250 g/mol. The first-order chi connectivity index (χ1) is 9.86. The molecule has 4 heterocycles. The van der Waals surface area contributed by atoms with Crippen LogP contribution in [0.3, 0.4) is 0 Å². The van der Waals surface area contributed by atoms with Gasteiger partial charge in [-0.25, -0.2) is 0 Å². The smallest absolute Gasteiger partial charge is 0.0576 e. The van der Waals surface area contributed by atoms with Gasteiger partial charge in [0.1, 0.15) is 0 Å². The van der Waals surface area contributed by atoms with Crippen molar-refractivity contribution in [2.45, 2.75) is 57.2 Å². The maximum Gasteiger partial charge on any atom is 0.0576 e. The molecule has 0 aromatic carbocycles. The van der Waals surface area contributed by atoms with Crippen LogP contribution in [-0.4, -0.2) is 73.9 Å². The molecule has 20 heavy (non-hydrogen) atoms. The molecule has 4 saturated heterocycles. The first kappa shape index (κ1) is 14.8. The van der Waals surface area contributed by atoms with E-state index in [1.54, 1.807) is 0 Å². The van der Waals surface area contributed by atoms with Crippen molar-refractivity contribution < 1.29 is 4.74 Å². The molecule has 2 bridgehead atoms. The van der Waals surface area contributed by atoms with E-state index in [0.717, 1.165) is 19.2 Å². The van der Waals surface area contributed by atoms with E-state index in [1.165, 1.54) is 64.8 Å². The van der Waals surface area contributed by atoms with E-state index < -0.39 is 0 Å². The summed E-state index contributed by atoms with van der Waals surface area (Å²) in [5.74, 6) is 0. The molecule has 0 amide bonds. The minimum Gasteiger partial charge on any atom is -0.378 e. The number of piperazine rings is 3. The maximum atomic E-state index is 5.81. The summed E-state index contributed by atoms with van der Waals surface area (Å²) in [6.07, 6.45) is 6.83. The van der Waals surface area contributed by atoms with Gasteiger partial charge in [0.05, 0.1) is 6.10 Å². The van der Waals surface area contributed by atoms with E-state index >= 15 is 0 Å². The molecule has 4 aliphatic rings. The Morgan fingerprint density at radius 1 is 1.25 bits per heavy atom. The molecule has 0 aliphatic carbocycles. The van der Waals surface area contributed by atoms with E-state index in [-0.39, 0.29) is 0 Å². The van der Waals surface area contributed by atoms with Crippen molar-refractivity contribution in [1.82, 2.24) is 15.1 Å². The summed E-state index contributed by atoms with van der Waals surface area (Å²) in [6, 6.07) is 1.38. The SMILES string of the molecule is CCCNC(CCC1CCCO1)C1CN2CCN1CC2. The fraction of sp³-hybridized carbons (Fsp3) is 1.00. The maximum absolute atomic E-state index is 5.81. The third-order valence-corrected chi connectivity index (χ3v) is 5.27. The summed E-state index contributed by atoms with van der Waals surface area (Å²) < 4.78 is 5.81. The van der Waals surface area contributed by atoms with Crippen LogP contribution in [0.4, 0.5) is 0 Å². The quantitative estimate of drug-likeness (QED) is 0.761. The highest BCUT2D eigenvalue weighted by atomic mass is 16.5. The van der Waals surface area contributed by atoms with Crippen LogP contribution < -0.4 is 5.32 Å². The standard InChI is InChI=1S/C16H31N3O/c1-2-7-17-15(6-5-14-4-3-12-20-14)16-13-18-8-10-19(16)11-9-18/h14-17H,2-13H2,1H3. The molecule has 0 spiro atoms. The lowest BCUT2D eigenvalue weighted by atomic mass is 9.94. The van der Waals surface area contributed by atoms with Crippen LogP contribution in [0.15, 0.2) is 0 Å². The highest BCUT2D eigenvalue weighted by Crippen LogP contribution is 2.23. The second-order valence-corrected chi connectivity index (χ2v) is 6.68. The Morgan fingerprint density at radius 2 is 2.10 bits per heavy atom.